The van der Waals surface area contributed by atoms with Gasteiger partial charge in [-0.15, -0.1) is 0 Å². The zero-order valence-corrected chi connectivity index (χ0v) is 16.8. The molecule has 2 unspecified atom stereocenters. The van der Waals surface area contributed by atoms with E-state index in [2.05, 4.69) is 27.0 Å². The number of aromatic nitrogens is 2. The van der Waals surface area contributed by atoms with Crippen molar-refractivity contribution >= 4 is 0 Å². The van der Waals surface area contributed by atoms with Crippen LogP contribution in [0.15, 0.2) is 36.8 Å². The summed E-state index contributed by atoms with van der Waals surface area (Å²) in [7, 11) is 0. The fourth-order valence-corrected chi connectivity index (χ4v) is 6.52. The van der Waals surface area contributed by atoms with E-state index in [1.54, 1.807) is 6.20 Å². The normalized spacial score (nSPS) is 36.0. The summed E-state index contributed by atoms with van der Waals surface area (Å²) in [5, 5.41) is 10.8. The van der Waals surface area contributed by atoms with Crippen LogP contribution in [0.25, 0.3) is 0 Å². The van der Waals surface area contributed by atoms with Crippen LogP contribution in [-0.2, 0) is 23.4 Å². The molecule has 2 aromatic heterocycles. The molecule has 1 aliphatic carbocycles. The zero-order valence-electron chi connectivity index (χ0n) is 16.8. The molecule has 4 aliphatic rings. The fraction of sp³-hybridized carbons (Fsp3) is 0.583. The van der Waals surface area contributed by atoms with Gasteiger partial charge >= 0.3 is 0 Å². The van der Waals surface area contributed by atoms with Crippen LogP contribution in [0.2, 0.25) is 0 Å². The Morgan fingerprint density at radius 2 is 1.97 bits per heavy atom. The maximum absolute atomic E-state index is 10.8. The second-order valence-electron chi connectivity index (χ2n) is 9.51. The summed E-state index contributed by atoms with van der Waals surface area (Å²) in [4.78, 5) is 11.6. The molecule has 4 atom stereocenters. The Kier molecular flexibility index (Phi) is 4.26. The van der Waals surface area contributed by atoms with Gasteiger partial charge in [0.05, 0.1) is 24.0 Å². The third-order valence-corrected chi connectivity index (χ3v) is 7.90. The number of aliphatic hydroxyl groups is 1. The van der Waals surface area contributed by atoms with Gasteiger partial charge in [-0.3, -0.25) is 14.9 Å². The van der Waals surface area contributed by atoms with Crippen molar-refractivity contribution in [1.82, 2.24) is 14.9 Å². The van der Waals surface area contributed by atoms with Gasteiger partial charge < -0.3 is 9.84 Å². The average Bonchev–Trinajstić information content (AvgIpc) is 3.13. The van der Waals surface area contributed by atoms with Gasteiger partial charge in [0.25, 0.3) is 0 Å². The minimum absolute atomic E-state index is 0.116. The molecule has 2 bridgehead atoms. The Bertz CT molecular complexity index is 903. The first-order valence-corrected chi connectivity index (χ1v) is 11.2. The van der Waals surface area contributed by atoms with E-state index in [0.29, 0.717) is 18.0 Å². The van der Waals surface area contributed by atoms with Gasteiger partial charge in [0, 0.05) is 42.8 Å². The van der Waals surface area contributed by atoms with Crippen molar-refractivity contribution in [3.63, 3.8) is 0 Å². The first-order chi connectivity index (χ1) is 14.2. The summed E-state index contributed by atoms with van der Waals surface area (Å²) >= 11 is 0. The predicted molar refractivity (Wildman–Crippen MR) is 109 cm³/mol. The van der Waals surface area contributed by atoms with Crippen LogP contribution < -0.4 is 0 Å². The average molecular weight is 392 g/mol. The van der Waals surface area contributed by atoms with Crippen molar-refractivity contribution in [2.24, 2.45) is 5.92 Å². The maximum Gasteiger partial charge on any atom is 0.0984 e. The first kappa shape index (κ1) is 18.0. The molecular weight excluding hydrogens is 362 g/mol. The number of hydrogen-bond donors (Lipinski definition) is 1. The summed E-state index contributed by atoms with van der Waals surface area (Å²) in [5.74, 6) is 0.523. The Morgan fingerprint density at radius 1 is 1.10 bits per heavy atom. The monoisotopic (exact) mass is 391 g/mol. The van der Waals surface area contributed by atoms with Crippen molar-refractivity contribution in [3.05, 3.63) is 59.2 Å². The van der Waals surface area contributed by atoms with Crippen molar-refractivity contribution in [2.45, 2.75) is 75.3 Å². The molecule has 2 aromatic rings. The Balaban J connectivity index is 1.19. The van der Waals surface area contributed by atoms with Crippen molar-refractivity contribution in [3.8, 4) is 0 Å². The smallest absolute Gasteiger partial charge is 0.0984 e. The molecule has 5 nitrogen and oxygen atoms in total. The highest BCUT2D eigenvalue weighted by molar-refractivity contribution is 5.34. The molecule has 2 saturated heterocycles. The summed E-state index contributed by atoms with van der Waals surface area (Å²) < 4.78 is 6.44. The Morgan fingerprint density at radius 3 is 2.83 bits per heavy atom. The van der Waals surface area contributed by atoms with E-state index in [1.807, 2.05) is 18.5 Å². The highest BCUT2D eigenvalue weighted by atomic mass is 16.5. The number of aryl methyl sites for hydroxylation is 1. The Hall–Kier alpha value is -1.82. The highest BCUT2D eigenvalue weighted by Gasteiger charge is 2.52. The number of aliphatic hydroxyl groups excluding tert-OH is 1. The lowest BCUT2D eigenvalue weighted by molar-refractivity contribution is -0.103. The van der Waals surface area contributed by atoms with Crippen molar-refractivity contribution in [1.29, 1.82) is 0 Å². The summed E-state index contributed by atoms with van der Waals surface area (Å²) in [6, 6.07) is 7.41. The third-order valence-electron chi connectivity index (χ3n) is 7.90. The van der Waals surface area contributed by atoms with Crippen LogP contribution in [0.4, 0.5) is 0 Å². The number of ether oxygens (including phenoxy) is 1. The SMILES string of the molecule is O[C@H]1C[C@H](CN2C3CCC2CC2(C3)OCc3ccncc32)CCc2cccnc21. The predicted octanol–water partition coefficient (Wildman–Crippen LogP) is 3.52. The topological polar surface area (TPSA) is 58.5 Å². The minimum atomic E-state index is -0.427. The largest absolute Gasteiger partial charge is 0.387 e. The quantitative estimate of drug-likeness (QED) is 0.794. The molecule has 1 N–H and O–H groups in total. The lowest BCUT2D eigenvalue weighted by Gasteiger charge is -2.45. The fourth-order valence-electron chi connectivity index (χ4n) is 6.52. The van der Waals surface area contributed by atoms with E-state index in [-0.39, 0.29) is 5.60 Å². The van der Waals surface area contributed by atoms with Gasteiger partial charge in [-0.1, -0.05) is 6.07 Å². The van der Waals surface area contributed by atoms with Crippen LogP contribution >= 0.6 is 0 Å². The number of rotatable bonds is 2. The third kappa shape index (κ3) is 2.94. The molecule has 1 spiro atoms. The van der Waals surface area contributed by atoms with E-state index in [4.69, 9.17) is 4.74 Å². The summed E-state index contributed by atoms with van der Waals surface area (Å²) in [5.41, 5.74) is 4.67. The van der Waals surface area contributed by atoms with Gasteiger partial charge in [-0.2, -0.15) is 0 Å². The molecule has 152 valence electrons. The molecule has 0 radical (unpaired) electrons. The molecule has 2 fully saturated rings. The van der Waals surface area contributed by atoms with Crippen LogP contribution in [-0.4, -0.2) is 38.6 Å². The van der Waals surface area contributed by atoms with E-state index < -0.39 is 6.10 Å². The van der Waals surface area contributed by atoms with Gasteiger partial charge in [0.15, 0.2) is 0 Å². The van der Waals surface area contributed by atoms with Crippen molar-refractivity contribution < 1.29 is 9.84 Å². The van der Waals surface area contributed by atoms with E-state index in [0.717, 1.165) is 50.9 Å². The summed E-state index contributed by atoms with van der Waals surface area (Å²) in [6.45, 7) is 1.83. The van der Waals surface area contributed by atoms with Gasteiger partial charge in [0.2, 0.25) is 0 Å². The molecule has 0 saturated carbocycles. The Labute approximate surface area is 172 Å². The lowest BCUT2D eigenvalue weighted by atomic mass is 9.80. The van der Waals surface area contributed by atoms with E-state index in [9.17, 15) is 5.11 Å². The highest BCUT2D eigenvalue weighted by Crippen LogP contribution is 2.52. The number of nitrogens with zero attached hydrogens (tertiary/aromatic N) is 3. The first-order valence-electron chi connectivity index (χ1n) is 11.2. The second-order valence-corrected chi connectivity index (χ2v) is 9.51. The molecular formula is C24H29N3O2. The zero-order chi connectivity index (χ0) is 19.4. The molecule has 29 heavy (non-hydrogen) atoms. The van der Waals surface area contributed by atoms with Gasteiger partial charge in [-0.05, 0) is 74.1 Å². The number of hydrogen-bond acceptors (Lipinski definition) is 5. The minimum Gasteiger partial charge on any atom is -0.387 e. The van der Waals surface area contributed by atoms with Gasteiger partial charge in [0.1, 0.15) is 0 Å². The molecule has 6 rings (SSSR count). The lowest BCUT2D eigenvalue weighted by Crippen LogP contribution is -2.51. The molecule has 5 heterocycles. The number of fused-ring (bicyclic) bond motifs is 5. The summed E-state index contributed by atoms with van der Waals surface area (Å²) in [6.07, 6.45) is 13.0. The molecule has 0 amide bonds. The maximum atomic E-state index is 10.8. The van der Waals surface area contributed by atoms with Crippen LogP contribution in [0.5, 0.6) is 0 Å². The van der Waals surface area contributed by atoms with Gasteiger partial charge in [-0.25, -0.2) is 0 Å². The molecule has 5 heteroatoms. The number of piperidine rings is 1. The van der Waals surface area contributed by atoms with E-state index >= 15 is 0 Å². The second kappa shape index (κ2) is 6.86. The van der Waals surface area contributed by atoms with Crippen LogP contribution in [0, 0.1) is 5.92 Å². The van der Waals surface area contributed by atoms with E-state index in [1.165, 1.54) is 29.5 Å². The number of pyridine rings is 2. The molecule has 0 aromatic carbocycles. The molecule has 3 aliphatic heterocycles. The van der Waals surface area contributed by atoms with Crippen LogP contribution in [0.3, 0.4) is 0 Å². The standard InChI is InChI=1S/C24H29N3O2/c28-22-10-16(3-4-17-2-1-8-26-23(17)22)14-27-19-5-6-20(27)12-24(11-19)21-13-25-9-7-18(21)15-29-24/h1-2,7-9,13,16,19-20,22,28H,3-6,10-12,14-15H2/t16-,19?,20?,22+,24?/m1/s1. The van der Waals surface area contributed by atoms with Crippen LogP contribution in [0.1, 0.15) is 67.0 Å². The van der Waals surface area contributed by atoms with Crippen molar-refractivity contribution in [2.75, 3.05) is 6.54 Å².